The van der Waals surface area contributed by atoms with Gasteiger partial charge in [0.15, 0.2) is 0 Å². The van der Waals surface area contributed by atoms with E-state index in [2.05, 4.69) is 10.6 Å². The van der Waals surface area contributed by atoms with Crippen molar-refractivity contribution in [3.8, 4) is 0 Å². The van der Waals surface area contributed by atoms with E-state index in [1.54, 1.807) is 30.3 Å². The van der Waals surface area contributed by atoms with Gasteiger partial charge in [-0.1, -0.05) is 17.7 Å². The first-order chi connectivity index (χ1) is 12.5. The summed E-state index contributed by atoms with van der Waals surface area (Å²) in [6, 6.07) is 10.9. The van der Waals surface area contributed by atoms with Crippen LogP contribution >= 0.6 is 22.9 Å². The van der Waals surface area contributed by atoms with Gasteiger partial charge in [0, 0.05) is 28.6 Å². The van der Waals surface area contributed by atoms with Gasteiger partial charge >= 0.3 is 0 Å². The van der Waals surface area contributed by atoms with Gasteiger partial charge < -0.3 is 15.4 Å². The van der Waals surface area contributed by atoms with E-state index in [1.807, 2.05) is 0 Å². The van der Waals surface area contributed by atoms with E-state index in [9.17, 15) is 14.0 Å². The van der Waals surface area contributed by atoms with Crippen molar-refractivity contribution >= 4 is 56.2 Å². The molecule has 3 aromatic rings. The van der Waals surface area contributed by atoms with Crippen LogP contribution in [-0.2, 0) is 9.53 Å². The van der Waals surface area contributed by atoms with Gasteiger partial charge in [0.1, 0.15) is 17.3 Å². The van der Waals surface area contributed by atoms with Crippen molar-refractivity contribution in [1.82, 2.24) is 0 Å². The largest absolute Gasteiger partial charge is 0.375 e. The van der Waals surface area contributed by atoms with Crippen molar-refractivity contribution in [3.05, 3.63) is 58.2 Å². The number of thiophene rings is 1. The van der Waals surface area contributed by atoms with E-state index >= 15 is 0 Å². The molecule has 0 aliphatic rings. The summed E-state index contributed by atoms with van der Waals surface area (Å²) in [5.41, 5.74) is 1.01. The van der Waals surface area contributed by atoms with E-state index in [4.69, 9.17) is 16.3 Å². The van der Waals surface area contributed by atoms with Crippen LogP contribution in [0.15, 0.2) is 42.5 Å². The minimum absolute atomic E-state index is 0.0649. The number of nitrogens with one attached hydrogen (secondary N) is 2. The Hall–Kier alpha value is -2.48. The van der Waals surface area contributed by atoms with Gasteiger partial charge in [0.2, 0.25) is 5.91 Å². The van der Waals surface area contributed by atoms with Crippen molar-refractivity contribution < 1.29 is 18.7 Å². The van der Waals surface area contributed by atoms with Crippen molar-refractivity contribution in [1.29, 1.82) is 0 Å². The Bertz CT molecular complexity index is 990. The summed E-state index contributed by atoms with van der Waals surface area (Å²) in [5, 5.41) is 6.30. The molecule has 3 rings (SSSR count). The number of ether oxygens (including phenoxy) is 1. The van der Waals surface area contributed by atoms with Gasteiger partial charge in [-0.2, -0.15) is 0 Å². The van der Waals surface area contributed by atoms with Crippen molar-refractivity contribution in [2.24, 2.45) is 0 Å². The van der Waals surface area contributed by atoms with E-state index in [0.717, 1.165) is 11.3 Å². The third kappa shape index (κ3) is 4.01. The molecular formula is C18H14ClFN2O3S. The number of hydrogen-bond donors (Lipinski definition) is 2. The number of carbonyl (C=O) groups is 2. The van der Waals surface area contributed by atoms with Crippen molar-refractivity contribution in [2.45, 2.75) is 0 Å². The smallest absolute Gasteiger partial charge is 0.267 e. The first-order valence-electron chi connectivity index (χ1n) is 7.55. The van der Waals surface area contributed by atoms with Crippen LogP contribution in [0, 0.1) is 5.82 Å². The molecule has 0 saturated carbocycles. The molecule has 0 unspecified atom stereocenters. The second kappa shape index (κ2) is 7.82. The SMILES string of the molecule is COCC(=O)Nc1cccc(NC(=O)c2sc3cc(F)ccc3c2Cl)c1. The summed E-state index contributed by atoms with van der Waals surface area (Å²) in [5.74, 6) is -1.09. The van der Waals surface area contributed by atoms with Gasteiger partial charge in [-0.3, -0.25) is 9.59 Å². The summed E-state index contributed by atoms with van der Waals surface area (Å²) in [6.07, 6.45) is 0. The minimum atomic E-state index is -0.406. The Morgan fingerprint density at radius 1 is 1.15 bits per heavy atom. The maximum atomic E-state index is 13.3. The number of carbonyl (C=O) groups excluding carboxylic acids is 2. The lowest BCUT2D eigenvalue weighted by atomic mass is 10.2. The molecule has 26 heavy (non-hydrogen) atoms. The van der Waals surface area contributed by atoms with Crippen LogP contribution < -0.4 is 10.6 Å². The fraction of sp³-hybridized carbons (Fsp3) is 0.111. The molecule has 0 aliphatic carbocycles. The molecule has 0 spiro atoms. The topological polar surface area (TPSA) is 67.4 Å². The molecule has 0 fully saturated rings. The predicted octanol–water partition coefficient (Wildman–Crippen LogP) is 4.53. The van der Waals surface area contributed by atoms with Crippen molar-refractivity contribution in [3.63, 3.8) is 0 Å². The molecule has 8 heteroatoms. The Morgan fingerprint density at radius 2 is 1.88 bits per heavy atom. The maximum Gasteiger partial charge on any atom is 0.267 e. The number of anilines is 2. The quantitative estimate of drug-likeness (QED) is 0.670. The van der Waals surface area contributed by atoms with Crippen LogP contribution in [0.5, 0.6) is 0 Å². The third-order valence-corrected chi connectivity index (χ3v) is 5.13. The number of benzene rings is 2. The third-order valence-electron chi connectivity index (χ3n) is 3.48. The Morgan fingerprint density at radius 3 is 2.62 bits per heavy atom. The standard InChI is InChI=1S/C18H14ClFN2O3S/c1-25-9-15(23)21-11-3-2-4-12(8-11)22-18(24)17-16(19)13-6-5-10(20)7-14(13)26-17/h2-8H,9H2,1H3,(H,21,23)(H,22,24). The number of amides is 2. The zero-order valence-electron chi connectivity index (χ0n) is 13.6. The van der Waals surface area contributed by atoms with E-state index in [-0.39, 0.29) is 23.4 Å². The monoisotopic (exact) mass is 392 g/mol. The average Bonchev–Trinajstić information content (AvgIpc) is 2.91. The van der Waals surface area contributed by atoms with Crippen LogP contribution in [0.2, 0.25) is 5.02 Å². The van der Waals surface area contributed by atoms with Crippen LogP contribution in [0.4, 0.5) is 15.8 Å². The van der Waals surface area contributed by atoms with Crippen LogP contribution in [0.25, 0.3) is 10.1 Å². The van der Waals surface area contributed by atoms with Crippen LogP contribution in [0.3, 0.4) is 0 Å². The summed E-state index contributed by atoms with van der Waals surface area (Å²) in [6.45, 7) is -0.0649. The molecule has 1 heterocycles. The van der Waals surface area contributed by atoms with Gasteiger partial charge in [-0.15, -0.1) is 11.3 Å². The molecule has 0 radical (unpaired) electrons. The summed E-state index contributed by atoms with van der Waals surface area (Å²) >= 11 is 7.38. The lowest BCUT2D eigenvalue weighted by Crippen LogP contribution is -2.17. The normalized spacial score (nSPS) is 10.7. The zero-order chi connectivity index (χ0) is 18.7. The molecule has 0 saturated heterocycles. The molecule has 1 aromatic heterocycles. The highest BCUT2D eigenvalue weighted by Crippen LogP contribution is 2.36. The molecule has 2 amide bonds. The Kier molecular flexibility index (Phi) is 5.51. The lowest BCUT2D eigenvalue weighted by Gasteiger charge is -2.08. The highest BCUT2D eigenvalue weighted by Gasteiger charge is 2.18. The van der Waals surface area contributed by atoms with Gasteiger partial charge in [-0.25, -0.2) is 4.39 Å². The highest BCUT2D eigenvalue weighted by atomic mass is 35.5. The molecule has 134 valence electrons. The first kappa shape index (κ1) is 18.3. The fourth-order valence-corrected chi connectivity index (χ4v) is 3.81. The fourth-order valence-electron chi connectivity index (χ4n) is 2.38. The molecule has 2 aromatic carbocycles. The van der Waals surface area contributed by atoms with Crippen molar-refractivity contribution in [2.75, 3.05) is 24.4 Å². The number of hydrogen-bond acceptors (Lipinski definition) is 4. The summed E-state index contributed by atoms with van der Waals surface area (Å²) < 4.78 is 18.7. The average molecular weight is 393 g/mol. The van der Waals surface area contributed by atoms with Crippen LogP contribution in [0.1, 0.15) is 9.67 Å². The van der Waals surface area contributed by atoms with Gasteiger partial charge in [-0.05, 0) is 36.4 Å². The molecule has 0 bridgehead atoms. The summed E-state index contributed by atoms with van der Waals surface area (Å²) in [4.78, 5) is 24.4. The second-order valence-corrected chi connectivity index (χ2v) is 6.83. The first-order valence-corrected chi connectivity index (χ1v) is 8.75. The zero-order valence-corrected chi connectivity index (χ0v) is 15.2. The highest BCUT2D eigenvalue weighted by molar-refractivity contribution is 7.21. The predicted molar refractivity (Wildman–Crippen MR) is 102 cm³/mol. The molecule has 0 atom stereocenters. The van der Waals surface area contributed by atoms with E-state index < -0.39 is 5.91 Å². The summed E-state index contributed by atoms with van der Waals surface area (Å²) in [7, 11) is 1.43. The molecular weight excluding hydrogens is 379 g/mol. The van der Waals surface area contributed by atoms with Crippen LogP contribution in [-0.4, -0.2) is 25.5 Å². The van der Waals surface area contributed by atoms with Gasteiger partial charge in [0.25, 0.3) is 5.91 Å². The van der Waals surface area contributed by atoms with E-state index in [1.165, 1.54) is 19.2 Å². The number of fused-ring (bicyclic) bond motifs is 1. The molecule has 0 aliphatic heterocycles. The van der Waals surface area contributed by atoms with Gasteiger partial charge in [0.05, 0.1) is 5.02 Å². The second-order valence-electron chi connectivity index (χ2n) is 5.40. The Balaban J connectivity index is 1.80. The number of rotatable bonds is 5. The van der Waals surface area contributed by atoms with E-state index in [0.29, 0.717) is 26.3 Å². The maximum absolute atomic E-state index is 13.3. The lowest BCUT2D eigenvalue weighted by molar-refractivity contribution is -0.119. The molecule has 5 nitrogen and oxygen atoms in total. The number of halogens is 2. The Labute approximate surface area is 157 Å². The molecule has 2 N–H and O–H groups in total. The minimum Gasteiger partial charge on any atom is -0.375 e. The number of methoxy groups -OCH3 is 1.